The standard InChI is InChI=1S/C25H29NO3S/c1-17-6-9-19(25(2,3)4)14-23(17)30-16-21-12-13-22(29-21)24(27)26-15-18-7-10-20(28-5)11-8-18/h6-14H,15-16H2,1-5H3,(H,26,27). The molecule has 5 heteroatoms. The second-order valence-corrected chi connectivity index (χ2v) is 9.33. The molecule has 3 rings (SSSR count). The third-order valence-corrected chi connectivity index (χ3v) is 6.10. The molecule has 30 heavy (non-hydrogen) atoms. The van der Waals surface area contributed by atoms with Crippen LogP contribution in [0.15, 0.2) is 63.9 Å². The van der Waals surface area contributed by atoms with Crippen molar-refractivity contribution in [3.8, 4) is 5.75 Å². The van der Waals surface area contributed by atoms with Crippen molar-refractivity contribution in [2.75, 3.05) is 7.11 Å². The fourth-order valence-corrected chi connectivity index (χ4v) is 3.92. The highest BCUT2D eigenvalue weighted by atomic mass is 32.2. The molecule has 0 saturated heterocycles. The Morgan fingerprint density at radius 2 is 1.80 bits per heavy atom. The smallest absolute Gasteiger partial charge is 0.287 e. The van der Waals surface area contributed by atoms with Crippen LogP contribution in [0.4, 0.5) is 0 Å². The Kier molecular flexibility index (Phi) is 6.93. The van der Waals surface area contributed by atoms with Crippen molar-refractivity contribution in [1.82, 2.24) is 5.32 Å². The lowest BCUT2D eigenvalue weighted by Crippen LogP contribution is -2.22. The summed E-state index contributed by atoms with van der Waals surface area (Å²) in [5.41, 5.74) is 3.68. The maximum absolute atomic E-state index is 12.4. The third kappa shape index (κ3) is 5.70. The predicted molar refractivity (Wildman–Crippen MR) is 122 cm³/mol. The zero-order valence-electron chi connectivity index (χ0n) is 18.2. The fraction of sp³-hybridized carbons (Fsp3) is 0.320. The second kappa shape index (κ2) is 9.43. The number of rotatable bonds is 7. The highest BCUT2D eigenvalue weighted by Crippen LogP contribution is 2.31. The van der Waals surface area contributed by atoms with Gasteiger partial charge in [-0.05, 0) is 59.4 Å². The SMILES string of the molecule is COc1ccc(CNC(=O)c2ccc(CSc3cc(C(C)(C)C)ccc3C)o2)cc1. The molecule has 0 spiro atoms. The Bertz CT molecular complexity index is 1000. The molecule has 0 bridgehead atoms. The van der Waals surface area contributed by atoms with Crippen LogP contribution in [0, 0.1) is 6.92 Å². The highest BCUT2D eigenvalue weighted by Gasteiger charge is 2.16. The van der Waals surface area contributed by atoms with Gasteiger partial charge in [-0.3, -0.25) is 4.79 Å². The van der Waals surface area contributed by atoms with Crippen molar-refractivity contribution in [1.29, 1.82) is 0 Å². The molecule has 0 fully saturated rings. The Labute approximate surface area is 183 Å². The van der Waals surface area contributed by atoms with Crippen LogP contribution in [-0.2, 0) is 17.7 Å². The minimum Gasteiger partial charge on any atom is -0.497 e. The van der Waals surface area contributed by atoms with Crippen LogP contribution in [0.5, 0.6) is 5.75 Å². The van der Waals surface area contributed by atoms with E-state index in [4.69, 9.17) is 9.15 Å². The number of methoxy groups -OCH3 is 1. The van der Waals surface area contributed by atoms with E-state index in [-0.39, 0.29) is 11.3 Å². The predicted octanol–water partition coefficient (Wildman–Crippen LogP) is 6.12. The number of furan rings is 1. The molecule has 0 aliphatic heterocycles. The van der Waals surface area contributed by atoms with Crippen LogP contribution in [0.2, 0.25) is 0 Å². The molecular weight excluding hydrogens is 394 g/mol. The molecule has 0 atom stereocenters. The summed E-state index contributed by atoms with van der Waals surface area (Å²) in [4.78, 5) is 13.6. The van der Waals surface area contributed by atoms with Gasteiger partial charge in [-0.2, -0.15) is 0 Å². The molecule has 0 aliphatic carbocycles. The topological polar surface area (TPSA) is 51.5 Å². The van der Waals surface area contributed by atoms with Crippen molar-refractivity contribution < 1.29 is 13.9 Å². The normalized spacial score (nSPS) is 11.4. The quantitative estimate of drug-likeness (QED) is 0.465. The fourth-order valence-electron chi connectivity index (χ4n) is 2.96. The van der Waals surface area contributed by atoms with E-state index in [0.717, 1.165) is 17.1 Å². The van der Waals surface area contributed by atoms with E-state index in [1.165, 1.54) is 16.0 Å². The van der Waals surface area contributed by atoms with Crippen molar-refractivity contribution in [3.05, 3.63) is 82.8 Å². The van der Waals surface area contributed by atoms with Gasteiger partial charge in [-0.25, -0.2) is 0 Å². The summed E-state index contributed by atoms with van der Waals surface area (Å²) in [5.74, 6) is 2.38. The Balaban J connectivity index is 1.57. The van der Waals surface area contributed by atoms with Gasteiger partial charge in [0.2, 0.25) is 0 Å². The van der Waals surface area contributed by atoms with Crippen LogP contribution < -0.4 is 10.1 Å². The number of nitrogens with one attached hydrogen (secondary N) is 1. The summed E-state index contributed by atoms with van der Waals surface area (Å²) in [6.07, 6.45) is 0. The first-order chi connectivity index (χ1) is 14.3. The molecule has 0 saturated carbocycles. The summed E-state index contributed by atoms with van der Waals surface area (Å²) in [7, 11) is 1.63. The van der Waals surface area contributed by atoms with E-state index >= 15 is 0 Å². The van der Waals surface area contributed by atoms with Gasteiger partial charge in [-0.15, -0.1) is 11.8 Å². The van der Waals surface area contributed by atoms with E-state index in [1.54, 1.807) is 24.9 Å². The van der Waals surface area contributed by atoms with E-state index in [9.17, 15) is 4.79 Å². The molecule has 1 amide bonds. The van der Waals surface area contributed by atoms with Gasteiger partial charge >= 0.3 is 0 Å². The minimum absolute atomic E-state index is 0.114. The Hall–Kier alpha value is -2.66. The number of aryl methyl sites for hydroxylation is 1. The van der Waals surface area contributed by atoms with Gasteiger partial charge in [0.1, 0.15) is 11.5 Å². The van der Waals surface area contributed by atoms with E-state index < -0.39 is 0 Å². The van der Waals surface area contributed by atoms with Gasteiger partial charge in [0, 0.05) is 11.4 Å². The zero-order chi connectivity index (χ0) is 21.7. The molecule has 158 valence electrons. The summed E-state index contributed by atoms with van der Waals surface area (Å²) in [6, 6.07) is 17.8. The molecule has 1 N–H and O–H groups in total. The molecule has 2 aromatic carbocycles. The summed E-state index contributed by atoms with van der Waals surface area (Å²) < 4.78 is 10.9. The lowest BCUT2D eigenvalue weighted by atomic mass is 9.87. The third-order valence-electron chi connectivity index (χ3n) is 4.92. The van der Waals surface area contributed by atoms with Gasteiger partial charge in [-0.1, -0.05) is 45.0 Å². The van der Waals surface area contributed by atoms with Crippen LogP contribution >= 0.6 is 11.8 Å². The van der Waals surface area contributed by atoms with Crippen LogP contribution in [0.3, 0.4) is 0 Å². The number of carbonyl (C=O) groups excluding carboxylic acids is 1. The number of amides is 1. The molecule has 1 heterocycles. The maximum Gasteiger partial charge on any atom is 0.287 e. The van der Waals surface area contributed by atoms with Crippen molar-refractivity contribution in [2.24, 2.45) is 0 Å². The van der Waals surface area contributed by atoms with Crippen LogP contribution in [0.25, 0.3) is 0 Å². The molecule has 1 aromatic heterocycles. The molecule has 4 nitrogen and oxygen atoms in total. The zero-order valence-corrected chi connectivity index (χ0v) is 19.1. The monoisotopic (exact) mass is 423 g/mol. The average molecular weight is 424 g/mol. The Morgan fingerprint density at radius 1 is 1.07 bits per heavy atom. The summed E-state index contributed by atoms with van der Waals surface area (Å²) >= 11 is 1.73. The first-order valence-corrected chi connectivity index (χ1v) is 11.0. The number of carbonyl (C=O) groups is 1. The molecule has 0 radical (unpaired) electrons. The largest absolute Gasteiger partial charge is 0.497 e. The highest BCUT2D eigenvalue weighted by molar-refractivity contribution is 7.98. The van der Waals surface area contributed by atoms with E-state index in [0.29, 0.717) is 18.1 Å². The number of thioether (sulfide) groups is 1. The number of hydrogen-bond acceptors (Lipinski definition) is 4. The molecule has 0 aliphatic rings. The van der Waals surface area contributed by atoms with Gasteiger partial charge in [0.15, 0.2) is 5.76 Å². The van der Waals surface area contributed by atoms with Crippen molar-refractivity contribution in [2.45, 2.75) is 50.3 Å². The van der Waals surface area contributed by atoms with Crippen molar-refractivity contribution in [3.63, 3.8) is 0 Å². The van der Waals surface area contributed by atoms with Gasteiger partial charge < -0.3 is 14.5 Å². The number of hydrogen-bond donors (Lipinski definition) is 1. The molecule has 0 unspecified atom stereocenters. The minimum atomic E-state index is -0.215. The lowest BCUT2D eigenvalue weighted by molar-refractivity contribution is 0.0921. The number of ether oxygens (including phenoxy) is 1. The average Bonchev–Trinajstić information content (AvgIpc) is 3.20. The van der Waals surface area contributed by atoms with Crippen molar-refractivity contribution >= 4 is 17.7 Å². The maximum atomic E-state index is 12.4. The molecular formula is C25H29NO3S. The van der Waals surface area contributed by atoms with Gasteiger partial charge in [0.05, 0.1) is 12.9 Å². The lowest BCUT2D eigenvalue weighted by Gasteiger charge is -2.20. The van der Waals surface area contributed by atoms with Gasteiger partial charge in [0.25, 0.3) is 5.91 Å². The Morgan fingerprint density at radius 3 is 2.47 bits per heavy atom. The second-order valence-electron chi connectivity index (χ2n) is 8.32. The first-order valence-electron chi connectivity index (χ1n) is 10.00. The van der Waals surface area contributed by atoms with E-state index in [2.05, 4.69) is 51.2 Å². The van der Waals surface area contributed by atoms with E-state index in [1.807, 2.05) is 30.3 Å². The molecule has 3 aromatic rings. The summed E-state index contributed by atoms with van der Waals surface area (Å²) in [5, 5.41) is 2.89. The first kappa shape index (κ1) is 22.0. The number of benzene rings is 2. The van der Waals surface area contributed by atoms with Crippen LogP contribution in [0.1, 0.15) is 53.8 Å². The van der Waals surface area contributed by atoms with Crippen LogP contribution in [-0.4, -0.2) is 13.0 Å². The summed E-state index contributed by atoms with van der Waals surface area (Å²) in [6.45, 7) is 9.21.